The van der Waals surface area contributed by atoms with Crippen LogP contribution in [0.3, 0.4) is 0 Å². The average molecular weight is 282 g/mol. The van der Waals surface area contributed by atoms with Gasteiger partial charge in [-0.25, -0.2) is 4.98 Å². The Balaban J connectivity index is 1.84. The highest BCUT2D eigenvalue weighted by Gasteiger charge is 2.05. The lowest BCUT2D eigenvalue weighted by Crippen LogP contribution is -1.91. The fraction of sp³-hybridized carbons (Fsp3) is 0.0625. The minimum absolute atomic E-state index is 0.266. The van der Waals surface area contributed by atoms with E-state index >= 15 is 0 Å². The highest BCUT2D eigenvalue weighted by atomic mass is 32.1. The maximum atomic E-state index is 9.30. The van der Waals surface area contributed by atoms with Crippen molar-refractivity contribution in [2.75, 3.05) is 5.32 Å². The van der Waals surface area contributed by atoms with Crippen LogP contribution in [0.4, 0.5) is 10.8 Å². The first-order valence-corrected chi connectivity index (χ1v) is 7.18. The van der Waals surface area contributed by atoms with Gasteiger partial charge in [0.05, 0.1) is 5.69 Å². The van der Waals surface area contributed by atoms with Crippen molar-refractivity contribution in [3.63, 3.8) is 0 Å². The topological polar surface area (TPSA) is 45.2 Å². The fourth-order valence-electron chi connectivity index (χ4n) is 1.92. The first-order chi connectivity index (χ1) is 9.72. The van der Waals surface area contributed by atoms with Gasteiger partial charge in [-0.3, -0.25) is 0 Å². The number of aromatic nitrogens is 1. The number of hydrogen-bond donors (Lipinski definition) is 2. The smallest absolute Gasteiger partial charge is 0.187 e. The van der Waals surface area contributed by atoms with Crippen LogP contribution in [0.15, 0.2) is 53.9 Å². The first-order valence-electron chi connectivity index (χ1n) is 6.30. The Morgan fingerprint density at radius 1 is 1.05 bits per heavy atom. The lowest BCUT2D eigenvalue weighted by atomic mass is 10.2. The zero-order valence-electron chi connectivity index (χ0n) is 11.0. The third kappa shape index (κ3) is 2.65. The van der Waals surface area contributed by atoms with Gasteiger partial charge in [-0.2, -0.15) is 0 Å². The molecule has 100 valence electrons. The molecule has 4 heteroatoms. The van der Waals surface area contributed by atoms with E-state index in [1.807, 2.05) is 35.7 Å². The molecule has 1 heterocycles. The van der Waals surface area contributed by atoms with Crippen molar-refractivity contribution < 1.29 is 5.11 Å². The molecule has 0 fully saturated rings. The van der Waals surface area contributed by atoms with Crippen LogP contribution in [0.5, 0.6) is 5.75 Å². The largest absolute Gasteiger partial charge is 0.508 e. The normalized spacial score (nSPS) is 10.4. The number of anilines is 2. The highest BCUT2D eigenvalue weighted by molar-refractivity contribution is 7.14. The van der Waals surface area contributed by atoms with E-state index in [1.165, 1.54) is 5.56 Å². The Hall–Kier alpha value is -2.33. The molecule has 0 aliphatic carbocycles. The summed E-state index contributed by atoms with van der Waals surface area (Å²) < 4.78 is 0. The van der Waals surface area contributed by atoms with Gasteiger partial charge >= 0.3 is 0 Å². The molecule has 3 nitrogen and oxygen atoms in total. The van der Waals surface area contributed by atoms with Crippen LogP contribution in [0, 0.1) is 6.92 Å². The second-order valence-corrected chi connectivity index (χ2v) is 5.38. The molecule has 20 heavy (non-hydrogen) atoms. The monoisotopic (exact) mass is 282 g/mol. The third-order valence-electron chi connectivity index (χ3n) is 3.05. The third-order valence-corrected chi connectivity index (χ3v) is 3.81. The molecule has 3 aromatic rings. The summed E-state index contributed by atoms with van der Waals surface area (Å²) >= 11 is 1.57. The molecule has 0 saturated carbocycles. The molecule has 0 unspecified atom stereocenters. The van der Waals surface area contributed by atoms with Crippen molar-refractivity contribution in [1.29, 1.82) is 0 Å². The maximum Gasteiger partial charge on any atom is 0.187 e. The minimum Gasteiger partial charge on any atom is -0.508 e. The molecule has 2 aromatic carbocycles. The molecule has 0 atom stereocenters. The molecule has 0 aliphatic rings. The Kier molecular flexibility index (Phi) is 3.39. The summed E-state index contributed by atoms with van der Waals surface area (Å²) in [6.45, 7) is 2.07. The van der Waals surface area contributed by atoms with Gasteiger partial charge < -0.3 is 10.4 Å². The van der Waals surface area contributed by atoms with E-state index in [4.69, 9.17) is 0 Å². The molecule has 0 spiro atoms. The predicted octanol–water partition coefficient (Wildman–Crippen LogP) is 4.57. The lowest BCUT2D eigenvalue weighted by Gasteiger charge is -2.05. The lowest BCUT2D eigenvalue weighted by molar-refractivity contribution is 0.475. The van der Waals surface area contributed by atoms with E-state index < -0.39 is 0 Å². The van der Waals surface area contributed by atoms with Crippen LogP contribution in [0.1, 0.15) is 5.56 Å². The van der Waals surface area contributed by atoms with Crippen LogP contribution in [0.25, 0.3) is 11.3 Å². The fourth-order valence-corrected chi connectivity index (χ4v) is 2.66. The molecule has 0 radical (unpaired) electrons. The van der Waals surface area contributed by atoms with Gasteiger partial charge in [0, 0.05) is 16.6 Å². The van der Waals surface area contributed by atoms with Gasteiger partial charge in [0.1, 0.15) is 5.75 Å². The maximum absolute atomic E-state index is 9.30. The van der Waals surface area contributed by atoms with Gasteiger partial charge in [0.25, 0.3) is 0 Å². The number of benzene rings is 2. The standard InChI is InChI=1S/C16H14N2OS/c1-11-4-2-3-5-14(11)17-16-18-15(10-20-16)12-6-8-13(19)9-7-12/h2-10,19H,1H3,(H,17,18). The van der Waals surface area contributed by atoms with Gasteiger partial charge in [-0.15, -0.1) is 11.3 Å². The van der Waals surface area contributed by atoms with E-state index in [-0.39, 0.29) is 5.75 Å². The zero-order valence-corrected chi connectivity index (χ0v) is 11.8. The molecule has 2 N–H and O–H groups in total. The molecule has 0 saturated heterocycles. The van der Waals surface area contributed by atoms with Crippen molar-refractivity contribution in [3.05, 3.63) is 59.5 Å². The second kappa shape index (κ2) is 5.35. The quantitative estimate of drug-likeness (QED) is 0.739. The van der Waals surface area contributed by atoms with Gasteiger partial charge in [-0.1, -0.05) is 18.2 Å². The molecule has 0 bridgehead atoms. The summed E-state index contributed by atoms with van der Waals surface area (Å²) in [7, 11) is 0. The number of hydrogen-bond acceptors (Lipinski definition) is 4. The number of phenolic OH excluding ortho intramolecular Hbond substituents is 1. The summed E-state index contributed by atoms with van der Waals surface area (Å²) in [6, 6.07) is 15.2. The number of phenols is 1. The van der Waals surface area contributed by atoms with Crippen LogP contribution >= 0.6 is 11.3 Å². The predicted molar refractivity (Wildman–Crippen MR) is 83.7 cm³/mol. The van der Waals surface area contributed by atoms with Crippen LogP contribution in [-0.2, 0) is 0 Å². The molecule has 3 rings (SSSR count). The Bertz CT molecular complexity index is 719. The molecular weight excluding hydrogens is 268 g/mol. The number of nitrogens with one attached hydrogen (secondary N) is 1. The molecule has 0 aliphatic heterocycles. The van der Waals surface area contributed by atoms with Crippen molar-refractivity contribution in [2.45, 2.75) is 6.92 Å². The minimum atomic E-state index is 0.266. The molecule has 0 amide bonds. The average Bonchev–Trinajstić information content (AvgIpc) is 2.91. The SMILES string of the molecule is Cc1ccccc1Nc1nc(-c2ccc(O)cc2)cs1. The number of aryl methyl sites for hydroxylation is 1. The summed E-state index contributed by atoms with van der Waals surface area (Å²) in [4.78, 5) is 4.57. The van der Waals surface area contributed by atoms with Crippen molar-refractivity contribution in [3.8, 4) is 17.0 Å². The summed E-state index contributed by atoms with van der Waals surface area (Å²) in [5, 5.41) is 15.5. The summed E-state index contributed by atoms with van der Waals surface area (Å²) in [6.07, 6.45) is 0. The van der Waals surface area contributed by atoms with Crippen LogP contribution < -0.4 is 5.32 Å². The van der Waals surface area contributed by atoms with E-state index in [2.05, 4.69) is 23.3 Å². The van der Waals surface area contributed by atoms with Crippen molar-refractivity contribution in [2.24, 2.45) is 0 Å². The Morgan fingerprint density at radius 3 is 2.55 bits per heavy atom. The van der Waals surface area contributed by atoms with Gasteiger partial charge in [-0.05, 0) is 42.8 Å². The molecule has 1 aromatic heterocycles. The second-order valence-electron chi connectivity index (χ2n) is 4.52. The van der Waals surface area contributed by atoms with Gasteiger partial charge in [0.2, 0.25) is 0 Å². The van der Waals surface area contributed by atoms with Crippen LogP contribution in [0.2, 0.25) is 0 Å². The van der Waals surface area contributed by atoms with E-state index in [0.29, 0.717) is 0 Å². The number of nitrogens with zero attached hydrogens (tertiary/aromatic N) is 1. The van der Waals surface area contributed by atoms with Crippen molar-refractivity contribution in [1.82, 2.24) is 4.98 Å². The number of aromatic hydroxyl groups is 1. The van der Waals surface area contributed by atoms with Gasteiger partial charge in [0.15, 0.2) is 5.13 Å². The van der Waals surface area contributed by atoms with E-state index in [1.54, 1.807) is 23.5 Å². The summed E-state index contributed by atoms with van der Waals surface area (Å²) in [5.74, 6) is 0.266. The molecular formula is C16H14N2OS. The number of thiazole rings is 1. The Labute approximate surface area is 121 Å². The highest BCUT2D eigenvalue weighted by Crippen LogP contribution is 2.28. The van der Waals surface area contributed by atoms with Crippen molar-refractivity contribution >= 4 is 22.2 Å². The summed E-state index contributed by atoms with van der Waals surface area (Å²) in [5.41, 5.74) is 4.16. The number of para-hydroxylation sites is 1. The van der Waals surface area contributed by atoms with Crippen LogP contribution in [-0.4, -0.2) is 10.1 Å². The van der Waals surface area contributed by atoms with E-state index in [9.17, 15) is 5.11 Å². The van der Waals surface area contributed by atoms with E-state index in [0.717, 1.165) is 22.1 Å². The first kappa shape index (κ1) is 12.7. The Morgan fingerprint density at radius 2 is 1.80 bits per heavy atom. The number of rotatable bonds is 3. The zero-order chi connectivity index (χ0) is 13.9.